The number of aryl methyl sites for hydroxylation is 2. The van der Waals surface area contributed by atoms with Crippen LogP contribution in [0.3, 0.4) is 0 Å². The number of nitrogens with one attached hydrogen (secondary N) is 1. The molecule has 1 aromatic carbocycles. The fraction of sp³-hybridized carbons (Fsp3) is 0.348. The molecule has 4 aromatic rings. The fourth-order valence-electron chi connectivity index (χ4n) is 3.94. The van der Waals surface area contributed by atoms with Crippen molar-refractivity contribution in [2.24, 2.45) is 0 Å². The minimum Gasteiger partial charge on any atom is -0.496 e. The van der Waals surface area contributed by atoms with Crippen molar-refractivity contribution in [2.45, 2.75) is 46.2 Å². The summed E-state index contributed by atoms with van der Waals surface area (Å²) in [6.45, 7) is 6.00. The summed E-state index contributed by atoms with van der Waals surface area (Å²) in [6, 6.07) is 10.4. The number of methoxy groups -OCH3 is 1. The molecule has 8 heteroatoms. The van der Waals surface area contributed by atoms with E-state index in [1.54, 1.807) is 13.2 Å². The third kappa shape index (κ3) is 3.58. The summed E-state index contributed by atoms with van der Waals surface area (Å²) >= 11 is 0. The maximum absolute atomic E-state index is 13.3. The van der Waals surface area contributed by atoms with Gasteiger partial charge >= 0.3 is 0 Å². The molecular weight excluding hydrogens is 396 g/mol. The van der Waals surface area contributed by atoms with Crippen LogP contribution in [0, 0.1) is 6.92 Å². The van der Waals surface area contributed by atoms with Gasteiger partial charge in [0.1, 0.15) is 28.9 Å². The predicted molar refractivity (Wildman–Crippen MR) is 118 cm³/mol. The lowest BCUT2D eigenvalue weighted by Gasteiger charge is -2.19. The zero-order valence-corrected chi connectivity index (χ0v) is 18.1. The van der Waals surface area contributed by atoms with Gasteiger partial charge < -0.3 is 14.5 Å². The molecule has 4 rings (SSSR count). The normalized spacial score (nSPS) is 12.4. The second-order valence-electron chi connectivity index (χ2n) is 7.44. The van der Waals surface area contributed by atoms with Gasteiger partial charge in [0.15, 0.2) is 5.58 Å². The van der Waals surface area contributed by atoms with Crippen LogP contribution in [0.15, 0.2) is 45.6 Å². The lowest BCUT2D eigenvalue weighted by molar-refractivity contribution is -0.125. The van der Waals surface area contributed by atoms with Crippen LogP contribution < -0.4 is 15.6 Å². The van der Waals surface area contributed by atoms with Gasteiger partial charge in [-0.3, -0.25) is 14.0 Å². The number of hydrogen-bond acceptors (Lipinski definition) is 5. The number of nitrogens with zero attached hydrogens (tertiary/aromatic N) is 3. The average molecular weight is 422 g/mol. The van der Waals surface area contributed by atoms with Gasteiger partial charge in [0, 0.05) is 30.7 Å². The Morgan fingerprint density at radius 3 is 2.71 bits per heavy atom. The number of hydrogen-bond donors (Lipinski definition) is 1. The van der Waals surface area contributed by atoms with E-state index in [4.69, 9.17) is 9.15 Å². The number of carbonyl (C=O) groups excluding carboxylic acids is 1. The molecule has 0 bridgehead atoms. The van der Waals surface area contributed by atoms with Crippen LogP contribution in [0.5, 0.6) is 5.75 Å². The average Bonchev–Trinajstić information content (AvgIpc) is 3.31. The van der Waals surface area contributed by atoms with E-state index >= 15 is 0 Å². The minimum absolute atomic E-state index is 0.263. The zero-order valence-electron chi connectivity index (χ0n) is 18.1. The molecule has 3 heterocycles. The summed E-state index contributed by atoms with van der Waals surface area (Å²) in [5.41, 5.74) is 2.45. The molecule has 1 unspecified atom stereocenters. The SMILES string of the molecule is CCc1nn(C(CC)C(=O)NCc2ccccc2OC)c(=O)c2cc3oc(C)cc3n12. The molecule has 0 saturated heterocycles. The van der Waals surface area contributed by atoms with E-state index in [-0.39, 0.29) is 11.5 Å². The molecule has 1 amide bonds. The highest BCUT2D eigenvalue weighted by Gasteiger charge is 2.24. The van der Waals surface area contributed by atoms with E-state index in [1.165, 1.54) is 4.68 Å². The van der Waals surface area contributed by atoms with Gasteiger partial charge in [-0.2, -0.15) is 5.10 Å². The van der Waals surface area contributed by atoms with E-state index in [0.29, 0.717) is 42.1 Å². The highest BCUT2D eigenvalue weighted by atomic mass is 16.5. The maximum Gasteiger partial charge on any atom is 0.291 e. The maximum atomic E-state index is 13.3. The van der Waals surface area contributed by atoms with Gasteiger partial charge in [-0.15, -0.1) is 0 Å². The molecule has 0 aliphatic carbocycles. The molecule has 3 aromatic heterocycles. The standard InChI is InChI=1S/C23H26N4O4/c1-5-16(22(28)24-13-15-9-7-8-10-19(15)30-4)27-23(29)18-12-20-17(11-14(3)31-20)26(18)21(6-2)25-27/h7-12,16H,5-6,13H2,1-4H3,(H,24,28). The number of para-hydroxylation sites is 1. The fourth-order valence-corrected chi connectivity index (χ4v) is 3.94. The lowest BCUT2D eigenvalue weighted by Crippen LogP contribution is -2.39. The number of ether oxygens (including phenoxy) is 1. The van der Waals surface area contributed by atoms with Crippen LogP contribution >= 0.6 is 0 Å². The third-order valence-electron chi connectivity index (χ3n) is 5.47. The highest BCUT2D eigenvalue weighted by Crippen LogP contribution is 2.24. The largest absolute Gasteiger partial charge is 0.496 e. The molecule has 0 aliphatic rings. The van der Waals surface area contributed by atoms with Crippen molar-refractivity contribution in [1.29, 1.82) is 0 Å². The molecule has 8 nitrogen and oxygen atoms in total. The molecule has 0 aliphatic heterocycles. The Morgan fingerprint density at radius 1 is 1.23 bits per heavy atom. The number of amides is 1. The second-order valence-corrected chi connectivity index (χ2v) is 7.44. The minimum atomic E-state index is -0.722. The molecular formula is C23H26N4O4. The van der Waals surface area contributed by atoms with Crippen LogP contribution in [0.2, 0.25) is 0 Å². The molecule has 0 spiro atoms. The van der Waals surface area contributed by atoms with Crippen molar-refractivity contribution in [3.8, 4) is 5.75 Å². The zero-order chi connectivity index (χ0) is 22.1. The summed E-state index contributed by atoms with van der Waals surface area (Å²) in [5, 5.41) is 7.49. The van der Waals surface area contributed by atoms with Gasteiger partial charge in [0.05, 0.1) is 12.6 Å². The number of aromatic nitrogens is 3. The number of rotatable bonds is 7. The number of benzene rings is 1. The van der Waals surface area contributed by atoms with E-state index in [0.717, 1.165) is 16.8 Å². The first kappa shape index (κ1) is 20.7. The number of furan rings is 1. The number of fused-ring (bicyclic) bond motifs is 3. The first-order valence-electron chi connectivity index (χ1n) is 10.4. The van der Waals surface area contributed by atoms with Gasteiger partial charge in [-0.1, -0.05) is 32.0 Å². The molecule has 162 valence electrons. The third-order valence-corrected chi connectivity index (χ3v) is 5.47. The summed E-state index contributed by atoms with van der Waals surface area (Å²) in [7, 11) is 1.59. The van der Waals surface area contributed by atoms with Crippen LogP contribution in [0.4, 0.5) is 0 Å². The van der Waals surface area contributed by atoms with E-state index in [9.17, 15) is 9.59 Å². The molecule has 1 N–H and O–H groups in total. The Morgan fingerprint density at radius 2 is 2.00 bits per heavy atom. The van der Waals surface area contributed by atoms with Crippen molar-refractivity contribution in [1.82, 2.24) is 19.5 Å². The number of carbonyl (C=O) groups is 1. The monoisotopic (exact) mass is 422 g/mol. The first-order valence-corrected chi connectivity index (χ1v) is 10.4. The topological polar surface area (TPSA) is 90.8 Å². The Bertz CT molecular complexity index is 1310. The van der Waals surface area contributed by atoms with Crippen LogP contribution in [-0.2, 0) is 17.8 Å². The molecule has 0 saturated carbocycles. The lowest BCUT2D eigenvalue weighted by atomic mass is 10.1. The molecule has 31 heavy (non-hydrogen) atoms. The summed E-state index contributed by atoms with van der Waals surface area (Å²) in [6.07, 6.45) is 1.03. The second kappa shape index (κ2) is 8.29. The van der Waals surface area contributed by atoms with Gasteiger partial charge in [-0.05, 0) is 19.4 Å². The Labute approximate surface area is 179 Å². The highest BCUT2D eigenvalue weighted by molar-refractivity contribution is 5.84. The molecule has 0 fully saturated rings. The van der Waals surface area contributed by atoms with Crippen molar-refractivity contribution in [2.75, 3.05) is 7.11 Å². The van der Waals surface area contributed by atoms with E-state index in [2.05, 4.69) is 10.4 Å². The van der Waals surface area contributed by atoms with Gasteiger partial charge in [-0.25, -0.2) is 4.68 Å². The van der Waals surface area contributed by atoms with Crippen LogP contribution in [-0.4, -0.2) is 27.2 Å². The van der Waals surface area contributed by atoms with Gasteiger partial charge in [0.25, 0.3) is 5.56 Å². The quantitative estimate of drug-likeness (QED) is 0.493. The summed E-state index contributed by atoms with van der Waals surface area (Å²) in [4.78, 5) is 26.3. The first-order chi connectivity index (χ1) is 15.0. The predicted octanol–water partition coefficient (Wildman–Crippen LogP) is 3.39. The Kier molecular flexibility index (Phi) is 5.54. The summed E-state index contributed by atoms with van der Waals surface area (Å²) < 4.78 is 14.2. The van der Waals surface area contributed by atoms with Crippen LogP contribution in [0.25, 0.3) is 16.6 Å². The summed E-state index contributed by atoms with van der Waals surface area (Å²) in [5.74, 6) is 1.90. The molecule has 0 radical (unpaired) electrons. The van der Waals surface area contributed by atoms with Crippen molar-refractivity contribution in [3.05, 3.63) is 63.9 Å². The van der Waals surface area contributed by atoms with Gasteiger partial charge in [0.2, 0.25) is 5.91 Å². The molecule has 1 atom stereocenters. The van der Waals surface area contributed by atoms with Crippen molar-refractivity contribution < 1.29 is 13.9 Å². The smallest absolute Gasteiger partial charge is 0.291 e. The Hall–Kier alpha value is -3.55. The van der Waals surface area contributed by atoms with Crippen LogP contribution in [0.1, 0.15) is 43.5 Å². The van der Waals surface area contributed by atoms with E-state index < -0.39 is 6.04 Å². The Balaban J connectivity index is 1.70. The van der Waals surface area contributed by atoms with Crippen molar-refractivity contribution in [3.63, 3.8) is 0 Å². The van der Waals surface area contributed by atoms with E-state index in [1.807, 2.05) is 55.5 Å². The van der Waals surface area contributed by atoms with Crippen molar-refractivity contribution >= 4 is 22.5 Å².